The summed E-state index contributed by atoms with van der Waals surface area (Å²) in [7, 11) is 0. The zero-order valence-electron chi connectivity index (χ0n) is 14.1. The molecule has 6 heteroatoms. The Morgan fingerprint density at radius 1 is 1.24 bits per heavy atom. The summed E-state index contributed by atoms with van der Waals surface area (Å²) in [4.78, 5) is 28.7. The van der Waals surface area contributed by atoms with E-state index in [1.165, 1.54) is 12.3 Å². The molecule has 2 heterocycles. The number of nitrogens with zero attached hydrogens (tertiary/aromatic N) is 1. The lowest BCUT2D eigenvalue weighted by Gasteiger charge is -2.11. The molecule has 1 fully saturated rings. The Balaban J connectivity index is 1.64. The number of para-hydroxylation sites is 1. The second-order valence-corrected chi connectivity index (χ2v) is 6.04. The number of carbonyl (C=O) groups excluding carboxylic acids is 2. The Morgan fingerprint density at radius 3 is 2.84 bits per heavy atom. The number of rotatable bonds is 5. The summed E-state index contributed by atoms with van der Waals surface area (Å²) >= 11 is 0. The van der Waals surface area contributed by atoms with Crippen LogP contribution in [0.2, 0.25) is 0 Å². The van der Waals surface area contributed by atoms with Crippen LogP contribution in [-0.4, -0.2) is 36.1 Å². The lowest BCUT2D eigenvalue weighted by atomic mass is 10.1. The quantitative estimate of drug-likeness (QED) is 0.877. The highest BCUT2D eigenvalue weighted by Crippen LogP contribution is 2.15. The van der Waals surface area contributed by atoms with Crippen LogP contribution < -0.4 is 10.6 Å². The number of aromatic nitrogens is 1. The first-order valence-electron chi connectivity index (χ1n) is 8.36. The topological polar surface area (TPSA) is 80.3 Å². The van der Waals surface area contributed by atoms with Gasteiger partial charge in [0.05, 0.1) is 6.10 Å². The Kier molecular flexibility index (Phi) is 5.40. The first-order chi connectivity index (χ1) is 12.1. The maximum Gasteiger partial charge on any atom is 0.269 e. The Hall–Kier alpha value is -2.73. The molecule has 130 valence electrons. The summed E-state index contributed by atoms with van der Waals surface area (Å²) in [5, 5.41) is 5.66. The molecule has 1 aromatic carbocycles. The summed E-state index contributed by atoms with van der Waals surface area (Å²) in [5.74, 6) is -0.578. The molecule has 1 aliphatic heterocycles. The van der Waals surface area contributed by atoms with Crippen molar-refractivity contribution in [2.45, 2.75) is 25.9 Å². The second-order valence-electron chi connectivity index (χ2n) is 6.04. The van der Waals surface area contributed by atoms with Crippen LogP contribution in [0, 0.1) is 6.92 Å². The summed E-state index contributed by atoms with van der Waals surface area (Å²) in [6.45, 7) is 3.12. The molecule has 0 radical (unpaired) electrons. The highest BCUT2D eigenvalue weighted by molar-refractivity contribution is 6.06. The minimum Gasteiger partial charge on any atom is -0.376 e. The molecule has 25 heavy (non-hydrogen) atoms. The molecule has 0 saturated carbocycles. The number of aryl methyl sites for hydroxylation is 1. The van der Waals surface area contributed by atoms with Gasteiger partial charge < -0.3 is 15.4 Å². The largest absolute Gasteiger partial charge is 0.376 e. The summed E-state index contributed by atoms with van der Waals surface area (Å²) in [5.41, 5.74) is 2.32. The number of anilines is 1. The van der Waals surface area contributed by atoms with Gasteiger partial charge in [0, 0.05) is 30.6 Å². The van der Waals surface area contributed by atoms with Crippen LogP contribution in [0.1, 0.15) is 39.3 Å². The van der Waals surface area contributed by atoms with E-state index in [0.717, 1.165) is 30.7 Å². The molecule has 0 bridgehead atoms. The van der Waals surface area contributed by atoms with Crippen molar-refractivity contribution >= 4 is 17.5 Å². The zero-order chi connectivity index (χ0) is 17.6. The van der Waals surface area contributed by atoms with Crippen molar-refractivity contribution in [3.8, 4) is 0 Å². The van der Waals surface area contributed by atoms with E-state index in [1.807, 2.05) is 31.2 Å². The standard InChI is InChI=1S/C19H21N3O3/c1-13-5-2-3-7-16(13)22-18(23)14-8-9-20-17(11-14)19(24)21-12-15-6-4-10-25-15/h2-3,5,7-9,11,15H,4,6,10,12H2,1H3,(H,21,24)(H,22,23). The van der Waals surface area contributed by atoms with E-state index in [9.17, 15) is 9.59 Å². The van der Waals surface area contributed by atoms with Crippen molar-refractivity contribution in [1.29, 1.82) is 0 Å². The molecular formula is C19H21N3O3. The monoisotopic (exact) mass is 339 g/mol. The fourth-order valence-corrected chi connectivity index (χ4v) is 2.71. The first-order valence-corrected chi connectivity index (χ1v) is 8.36. The maximum atomic E-state index is 12.4. The van der Waals surface area contributed by atoms with E-state index in [-0.39, 0.29) is 23.6 Å². The molecule has 1 aromatic heterocycles. The van der Waals surface area contributed by atoms with Crippen LogP contribution >= 0.6 is 0 Å². The predicted molar refractivity (Wildman–Crippen MR) is 94.7 cm³/mol. The number of nitrogens with one attached hydrogen (secondary N) is 2. The second kappa shape index (κ2) is 7.90. The van der Waals surface area contributed by atoms with Gasteiger partial charge in [-0.1, -0.05) is 18.2 Å². The minimum absolute atomic E-state index is 0.0662. The van der Waals surface area contributed by atoms with Crippen LogP contribution in [-0.2, 0) is 4.74 Å². The van der Waals surface area contributed by atoms with Gasteiger partial charge in [0.2, 0.25) is 0 Å². The van der Waals surface area contributed by atoms with Gasteiger partial charge in [-0.15, -0.1) is 0 Å². The molecule has 3 rings (SSSR count). The van der Waals surface area contributed by atoms with Crippen molar-refractivity contribution in [2.75, 3.05) is 18.5 Å². The third kappa shape index (κ3) is 4.42. The molecule has 2 amide bonds. The number of hydrogen-bond donors (Lipinski definition) is 2. The highest BCUT2D eigenvalue weighted by Gasteiger charge is 2.18. The SMILES string of the molecule is Cc1ccccc1NC(=O)c1ccnc(C(=O)NCC2CCCO2)c1. The molecular weight excluding hydrogens is 318 g/mol. The summed E-state index contributed by atoms with van der Waals surface area (Å²) in [6, 6.07) is 10.6. The van der Waals surface area contributed by atoms with Crippen molar-refractivity contribution in [2.24, 2.45) is 0 Å². The average molecular weight is 339 g/mol. The number of hydrogen-bond acceptors (Lipinski definition) is 4. The van der Waals surface area contributed by atoms with Gasteiger partial charge in [0.25, 0.3) is 11.8 Å². The molecule has 0 spiro atoms. The predicted octanol–water partition coefficient (Wildman–Crippen LogP) is 2.55. The Bertz CT molecular complexity index is 770. The van der Waals surface area contributed by atoms with Gasteiger partial charge in [-0.25, -0.2) is 0 Å². The van der Waals surface area contributed by atoms with Crippen molar-refractivity contribution < 1.29 is 14.3 Å². The van der Waals surface area contributed by atoms with Gasteiger partial charge in [0.1, 0.15) is 5.69 Å². The van der Waals surface area contributed by atoms with E-state index < -0.39 is 0 Å². The van der Waals surface area contributed by atoms with Crippen LogP contribution in [0.15, 0.2) is 42.6 Å². The molecule has 2 N–H and O–H groups in total. The Morgan fingerprint density at radius 2 is 2.08 bits per heavy atom. The molecule has 0 aliphatic carbocycles. The van der Waals surface area contributed by atoms with Crippen molar-refractivity contribution in [1.82, 2.24) is 10.3 Å². The maximum absolute atomic E-state index is 12.4. The number of carbonyl (C=O) groups is 2. The first kappa shape index (κ1) is 17.1. The van der Waals surface area contributed by atoms with Crippen LogP contribution in [0.4, 0.5) is 5.69 Å². The van der Waals surface area contributed by atoms with Crippen molar-refractivity contribution in [3.63, 3.8) is 0 Å². The molecule has 6 nitrogen and oxygen atoms in total. The van der Waals surface area contributed by atoms with Crippen LogP contribution in [0.25, 0.3) is 0 Å². The van der Waals surface area contributed by atoms with Gasteiger partial charge in [0.15, 0.2) is 0 Å². The lowest BCUT2D eigenvalue weighted by Crippen LogP contribution is -2.32. The molecule has 1 unspecified atom stereocenters. The Labute approximate surface area is 146 Å². The molecule has 1 saturated heterocycles. The number of ether oxygens (including phenoxy) is 1. The molecule has 1 aliphatic rings. The summed E-state index contributed by atoms with van der Waals surface area (Å²) in [6.07, 6.45) is 3.50. The van der Waals surface area contributed by atoms with E-state index in [1.54, 1.807) is 6.07 Å². The van der Waals surface area contributed by atoms with E-state index in [4.69, 9.17) is 4.74 Å². The lowest BCUT2D eigenvalue weighted by molar-refractivity contribution is 0.0853. The van der Waals surface area contributed by atoms with E-state index in [0.29, 0.717) is 12.1 Å². The normalized spacial score (nSPS) is 16.4. The van der Waals surface area contributed by atoms with Gasteiger partial charge >= 0.3 is 0 Å². The van der Waals surface area contributed by atoms with Crippen LogP contribution in [0.5, 0.6) is 0 Å². The fourth-order valence-electron chi connectivity index (χ4n) is 2.71. The number of benzene rings is 1. The van der Waals surface area contributed by atoms with Crippen molar-refractivity contribution in [3.05, 3.63) is 59.4 Å². The molecule has 1 atom stereocenters. The third-order valence-corrected chi connectivity index (χ3v) is 4.16. The van der Waals surface area contributed by atoms with Gasteiger partial charge in [-0.2, -0.15) is 0 Å². The minimum atomic E-state index is -0.305. The van der Waals surface area contributed by atoms with E-state index >= 15 is 0 Å². The smallest absolute Gasteiger partial charge is 0.269 e. The fraction of sp³-hybridized carbons (Fsp3) is 0.316. The van der Waals surface area contributed by atoms with Gasteiger partial charge in [-0.05, 0) is 43.5 Å². The molecule has 2 aromatic rings. The van der Waals surface area contributed by atoms with E-state index in [2.05, 4.69) is 15.6 Å². The van der Waals surface area contributed by atoms with Crippen LogP contribution in [0.3, 0.4) is 0 Å². The third-order valence-electron chi connectivity index (χ3n) is 4.16. The zero-order valence-corrected chi connectivity index (χ0v) is 14.1. The number of amides is 2. The number of pyridine rings is 1. The van der Waals surface area contributed by atoms with Gasteiger partial charge in [-0.3, -0.25) is 14.6 Å². The average Bonchev–Trinajstić information content (AvgIpc) is 3.15. The summed E-state index contributed by atoms with van der Waals surface area (Å²) < 4.78 is 5.48. The highest BCUT2D eigenvalue weighted by atomic mass is 16.5.